The Labute approximate surface area is 130 Å². The number of nitrogens with one attached hydrogen (secondary N) is 1. The molecule has 4 nitrogen and oxygen atoms in total. The fourth-order valence-electron chi connectivity index (χ4n) is 2.48. The average Bonchev–Trinajstić information content (AvgIpc) is 2.56. The van der Waals surface area contributed by atoms with Gasteiger partial charge in [-0.25, -0.2) is 4.98 Å². The minimum absolute atomic E-state index is 0.696. The molecular formula is C18H19N3O. The number of nitrogens with zero attached hydrogens (tertiary/aromatic N) is 2. The SMILES string of the molecule is CCc1cc(Nc2cnc3ccccc3c2)c(C)nc1OC. The Kier molecular flexibility index (Phi) is 3.92. The zero-order valence-corrected chi connectivity index (χ0v) is 13.1. The van der Waals surface area contributed by atoms with Crippen molar-refractivity contribution in [3.63, 3.8) is 0 Å². The van der Waals surface area contributed by atoms with Crippen LogP contribution in [0.25, 0.3) is 10.9 Å². The Hall–Kier alpha value is -2.62. The molecule has 1 aromatic carbocycles. The highest BCUT2D eigenvalue weighted by Gasteiger charge is 2.09. The summed E-state index contributed by atoms with van der Waals surface area (Å²) in [7, 11) is 1.65. The third-order valence-corrected chi connectivity index (χ3v) is 3.70. The van der Waals surface area contributed by atoms with Crippen LogP contribution in [0, 0.1) is 6.92 Å². The van der Waals surface area contributed by atoms with Crippen LogP contribution in [0.15, 0.2) is 42.6 Å². The largest absolute Gasteiger partial charge is 0.481 e. The summed E-state index contributed by atoms with van der Waals surface area (Å²) in [6.45, 7) is 4.06. The first-order valence-corrected chi connectivity index (χ1v) is 7.37. The monoisotopic (exact) mass is 293 g/mol. The normalized spacial score (nSPS) is 10.7. The molecule has 4 heteroatoms. The van der Waals surface area contributed by atoms with Gasteiger partial charge in [0.25, 0.3) is 0 Å². The van der Waals surface area contributed by atoms with Crippen LogP contribution < -0.4 is 10.1 Å². The number of benzene rings is 1. The molecule has 0 spiro atoms. The standard InChI is InChI=1S/C18H19N3O/c1-4-13-10-17(12(2)20-18(13)22-3)21-15-9-14-7-5-6-8-16(14)19-11-15/h5-11,21H,4H2,1-3H3. The molecule has 112 valence electrons. The van der Waals surface area contributed by atoms with Crippen LogP contribution in [-0.4, -0.2) is 17.1 Å². The molecule has 0 atom stereocenters. The predicted molar refractivity (Wildman–Crippen MR) is 89.9 cm³/mol. The summed E-state index contributed by atoms with van der Waals surface area (Å²) in [5, 5.41) is 4.52. The zero-order valence-electron chi connectivity index (χ0n) is 13.1. The van der Waals surface area contributed by atoms with E-state index < -0.39 is 0 Å². The molecule has 0 radical (unpaired) electrons. The molecule has 0 aliphatic carbocycles. The second-order valence-corrected chi connectivity index (χ2v) is 5.18. The molecule has 0 saturated heterocycles. The van der Waals surface area contributed by atoms with E-state index >= 15 is 0 Å². The van der Waals surface area contributed by atoms with Crippen LogP contribution in [0.4, 0.5) is 11.4 Å². The number of rotatable bonds is 4. The van der Waals surface area contributed by atoms with Gasteiger partial charge in [-0.05, 0) is 31.5 Å². The first kappa shape index (κ1) is 14.3. The Morgan fingerprint density at radius 3 is 2.77 bits per heavy atom. The third kappa shape index (κ3) is 2.72. The predicted octanol–water partition coefficient (Wildman–Crippen LogP) is 4.25. The molecule has 1 N–H and O–H groups in total. The average molecular weight is 293 g/mol. The van der Waals surface area contributed by atoms with Crippen LogP contribution in [0.1, 0.15) is 18.2 Å². The van der Waals surface area contributed by atoms with E-state index in [1.165, 1.54) is 0 Å². The van der Waals surface area contributed by atoms with E-state index in [-0.39, 0.29) is 0 Å². The van der Waals surface area contributed by atoms with Gasteiger partial charge in [-0.3, -0.25) is 4.98 Å². The van der Waals surface area contributed by atoms with Gasteiger partial charge < -0.3 is 10.1 Å². The van der Waals surface area contributed by atoms with Gasteiger partial charge in [-0.2, -0.15) is 0 Å². The lowest BCUT2D eigenvalue weighted by Gasteiger charge is -2.13. The van der Waals surface area contributed by atoms with Crippen LogP contribution >= 0.6 is 0 Å². The first-order chi connectivity index (χ1) is 10.7. The second-order valence-electron chi connectivity index (χ2n) is 5.18. The van der Waals surface area contributed by atoms with Gasteiger partial charge in [0.1, 0.15) is 0 Å². The van der Waals surface area contributed by atoms with E-state index in [1.807, 2.05) is 31.3 Å². The summed E-state index contributed by atoms with van der Waals surface area (Å²) in [6.07, 6.45) is 2.72. The van der Waals surface area contributed by atoms with E-state index in [0.29, 0.717) is 5.88 Å². The van der Waals surface area contributed by atoms with Crippen molar-refractivity contribution >= 4 is 22.3 Å². The van der Waals surface area contributed by atoms with Gasteiger partial charge in [0.05, 0.1) is 35.9 Å². The van der Waals surface area contributed by atoms with Crippen molar-refractivity contribution in [2.75, 3.05) is 12.4 Å². The minimum Gasteiger partial charge on any atom is -0.481 e. The number of methoxy groups -OCH3 is 1. The van der Waals surface area contributed by atoms with Crippen molar-refractivity contribution in [3.8, 4) is 5.88 Å². The first-order valence-electron chi connectivity index (χ1n) is 7.37. The quantitative estimate of drug-likeness (QED) is 0.781. The van der Waals surface area contributed by atoms with Crippen molar-refractivity contribution in [3.05, 3.63) is 53.9 Å². The summed E-state index contributed by atoms with van der Waals surface area (Å²) in [5.74, 6) is 0.696. The zero-order chi connectivity index (χ0) is 15.5. The molecule has 3 aromatic rings. The molecule has 0 aliphatic rings. The molecule has 0 saturated carbocycles. The molecule has 0 bridgehead atoms. The third-order valence-electron chi connectivity index (χ3n) is 3.70. The van der Waals surface area contributed by atoms with Crippen LogP contribution in [0.3, 0.4) is 0 Å². The summed E-state index contributed by atoms with van der Waals surface area (Å²) in [6, 6.07) is 12.3. The van der Waals surface area contributed by atoms with Gasteiger partial charge in [0, 0.05) is 10.9 Å². The molecule has 0 unspecified atom stereocenters. The van der Waals surface area contributed by atoms with Crippen LogP contribution in [0.2, 0.25) is 0 Å². The van der Waals surface area contributed by atoms with E-state index in [1.54, 1.807) is 7.11 Å². The highest BCUT2D eigenvalue weighted by atomic mass is 16.5. The number of para-hydroxylation sites is 1. The number of fused-ring (bicyclic) bond motifs is 1. The van der Waals surface area contributed by atoms with Crippen molar-refractivity contribution < 1.29 is 4.74 Å². The second kappa shape index (κ2) is 6.02. The number of ether oxygens (including phenoxy) is 1. The van der Waals surface area contributed by atoms with E-state index in [9.17, 15) is 0 Å². The highest BCUT2D eigenvalue weighted by Crippen LogP contribution is 2.27. The molecule has 2 aromatic heterocycles. The van der Waals surface area contributed by atoms with E-state index in [4.69, 9.17) is 4.74 Å². The number of pyridine rings is 2. The lowest BCUT2D eigenvalue weighted by atomic mass is 10.1. The van der Waals surface area contributed by atoms with E-state index in [2.05, 4.69) is 40.4 Å². The van der Waals surface area contributed by atoms with Gasteiger partial charge in [-0.15, -0.1) is 0 Å². The summed E-state index contributed by atoms with van der Waals surface area (Å²) >= 11 is 0. The maximum atomic E-state index is 5.33. The topological polar surface area (TPSA) is 47.0 Å². The van der Waals surface area contributed by atoms with Crippen molar-refractivity contribution in [2.45, 2.75) is 20.3 Å². The number of hydrogen-bond donors (Lipinski definition) is 1. The molecule has 0 fully saturated rings. The molecule has 0 aliphatic heterocycles. The van der Waals surface area contributed by atoms with Crippen molar-refractivity contribution in [2.24, 2.45) is 0 Å². The lowest BCUT2D eigenvalue weighted by Crippen LogP contribution is -2.01. The van der Waals surface area contributed by atoms with E-state index in [0.717, 1.165) is 40.0 Å². The summed E-state index contributed by atoms with van der Waals surface area (Å²) in [5.41, 5.74) is 4.92. The van der Waals surface area contributed by atoms with Crippen molar-refractivity contribution in [1.82, 2.24) is 9.97 Å². The smallest absolute Gasteiger partial charge is 0.216 e. The maximum Gasteiger partial charge on any atom is 0.216 e. The fraction of sp³-hybridized carbons (Fsp3) is 0.222. The minimum atomic E-state index is 0.696. The fourth-order valence-corrected chi connectivity index (χ4v) is 2.48. The summed E-state index contributed by atoms with van der Waals surface area (Å²) < 4.78 is 5.33. The Balaban J connectivity index is 1.97. The van der Waals surface area contributed by atoms with Gasteiger partial charge >= 0.3 is 0 Å². The van der Waals surface area contributed by atoms with Crippen molar-refractivity contribution in [1.29, 1.82) is 0 Å². The number of aromatic nitrogens is 2. The van der Waals surface area contributed by atoms with Gasteiger partial charge in [0.15, 0.2) is 0 Å². The maximum absolute atomic E-state index is 5.33. The number of aryl methyl sites for hydroxylation is 2. The van der Waals surface area contributed by atoms with Gasteiger partial charge in [0.2, 0.25) is 5.88 Å². The van der Waals surface area contributed by atoms with Gasteiger partial charge in [-0.1, -0.05) is 25.1 Å². The highest BCUT2D eigenvalue weighted by molar-refractivity contribution is 5.82. The summed E-state index contributed by atoms with van der Waals surface area (Å²) in [4.78, 5) is 8.99. The molecular weight excluding hydrogens is 274 g/mol. The van der Waals surface area contributed by atoms with Crippen LogP contribution in [0.5, 0.6) is 5.88 Å². The molecule has 22 heavy (non-hydrogen) atoms. The van der Waals surface area contributed by atoms with Crippen LogP contribution in [-0.2, 0) is 6.42 Å². The Morgan fingerprint density at radius 1 is 1.18 bits per heavy atom. The Bertz CT molecular complexity index is 815. The number of anilines is 2. The Morgan fingerprint density at radius 2 is 2.00 bits per heavy atom. The molecule has 0 amide bonds. The number of hydrogen-bond acceptors (Lipinski definition) is 4. The lowest BCUT2D eigenvalue weighted by molar-refractivity contribution is 0.392. The molecule has 3 rings (SSSR count). The molecule has 2 heterocycles.